The Morgan fingerprint density at radius 2 is 2.33 bits per heavy atom. The standard InChI is InChI=1S/C18H23ClN4O3.ClH/c1-12(25-2)18-21-16(26-22-18)6-7-17(24)23-9-8-20-11-15(23)13-4-3-5-14(19)10-13;/h3-5,10,12,15,20H,6-9,11H2,1-2H3;1H. The molecule has 1 N–H and O–H groups in total. The van der Waals surface area contributed by atoms with Crippen LogP contribution in [-0.4, -0.2) is 47.7 Å². The van der Waals surface area contributed by atoms with Crippen molar-refractivity contribution >= 4 is 29.9 Å². The van der Waals surface area contributed by atoms with Crippen molar-refractivity contribution in [2.24, 2.45) is 0 Å². The van der Waals surface area contributed by atoms with Crippen LogP contribution in [0.1, 0.15) is 42.8 Å². The summed E-state index contributed by atoms with van der Waals surface area (Å²) in [4.78, 5) is 19.0. The number of nitrogens with zero attached hydrogens (tertiary/aromatic N) is 3. The number of hydrogen-bond donors (Lipinski definition) is 1. The van der Waals surface area contributed by atoms with Crippen LogP contribution in [0.2, 0.25) is 5.02 Å². The Labute approximate surface area is 169 Å². The van der Waals surface area contributed by atoms with Gasteiger partial charge in [-0.15, -0.1) is 12.4 Å². The summed E-state index contributed by atoms with van der Waals surface area (Å²) in [6.07, 6.45) is 0.498. The van der Waals surface area contributed by atoms with Crippen molar-refractivity contribution in [1.29, 1.82) is 0 Å². The number of hydrogen-bond acceptors (Lipinski definition) is 6. The fourth-order valence-electron chi connectivity index (χ4n) is 3.01. The minimum Gasteiger partial charge on any atom is -0.374 e. The lowest BCUT2D eigenvalue weighted by molar-refractivity contribution is -0.134. The Kier molecular flexibility index (Phi) is 8.04. The van der Waals surface area contributed by atoms with E-state index in [1.54, 1.807) is 7.11 Å². The van der Waals surface area contributed by atoms with Gasteiger partial charge in [-0.1, -0.05) is 28.9 Å². The number of methoxy groups -OCH3 is 1. The second-order valence-electron chi connectivity index (χ2n) is 6.29. The molecule has 0 aliphatic carbocycles. The van der Waals surface area contributed by atoms with E-state index >= 15 is 0 Å². The number of ether oxygens (including phenoxy) is 1. The maximum absolute atomic E-state index is 12.8. The number of nitrogens with one attached hydrogen (secondary N) is 1. The molecule has 2 unspecified atom stereocenters. The van der Waals surface area contributed by atoms with E-state index in [0.29, 0.717) is 42.7 Å². The van der Waals surface area contributed by atoms with E-state index in [4.69, 9.17) is 20.9 Å². The molecular formula is C18H24Cl2N4O3. The highest BCUT2D eigenvalue weighted by atomic mass is 35.5. The molecular weight excluding hydrogens is 391 g/mol. The van der Waals surface area contributed by atoms with Gasteiger partial charge in [0.25, 0.3) is 0 Å². The second-order valence-corrected chi connectivity index (χ2v) is 6.72. The topological polar surface area (TPSA) is 80.5 Å². The van der Waals surface area contributed by atoms with Gasteiger partial charge in [-0.2, -0.15) is 4.98 Å². The molecule has 2 atom stereocenters. The molecule has 2 heterocycles. The van der Waals surface area contributed by atoms with E-state index in [9.17, 15) is 4.79 Å². The number of aromatic nitrogens is 2. The van der Waals surface area contributed by atoms with Crippen LogP contribution in [0.4, 0.5) is 0 Å². The largest absolute Gasteiger partial charge is 0.374 e. The zero-order valence-corrected chi connectivity index (χ0v) is 16.9. The summed E-state index contributed by atoms with van der Waals surface area (Å²) in [5.74, 6) is 1.01. The molecule has 27 heavy (non-hydrogen) atoms. The van der Waals surface area contributed by atoms with E-state index in [2.05, 4.69) is 15.5 Å². The summed E-state index contributed by atoms with van der Waals surface area (Å²) in [5.41, 5.74) is 1.03. The van der Waals surface area contributed by atoms with Crippen LogP contribution in [-0.2, 0) is 16.0 Å². The number of aryl methyl sites for hydroxylation is 1. The van der Waals surface area contributed by atoms with Gasteiger partial charge in [0, 0.05) is 44.6 Å². The number of amides is 1. The highest BCUT2D eigenvalue weighted by Crippen LogP contribution is 2.25. The first-order valence-corrected chi connectivity index (χ1v) is 9.07. The second kappa shape index (κ2) is 10.0. The van der Waals surface area contributed by atoms with Crippen molar-refractivity contribution in [3.63, 3.8) is 0 Å². The maximum Gasteiger partial charge on any atom is 0.227 e. The normalized spacial score (nSPS) is 18.0. The Bertz CT molecular complexity index is 756. The maximum atomic E-state index is 12.8. The fourth-order valence-corrected chi connectivity index (χ4v) is 3.21. The zero-order valence-electron chi connectivity index (χ0n) is 15.4. The molecule has 1 saturated heterocycles. The summed E-state index contributed by atoms with van der Waals surface area (Å²) in [5, 5.41) is 7.90. The van der Waals surface area contributed by atoms with Gasteiger partial charge in [0.05, 0.1) is 6.04 Å². The molecule has 0 radical (unpaired) electrons. The highest BCUT2D eigenvalue weighted by Gasteiger charge is 2.28. The molecule has 2 aromatic rings. The Balaban J connectivity index is 0.00000261. The van der Waals surface area contributed by atoms with Crippen molar-refractivity contribution < 1.29 is 14.1 Å². The number of benzene rings is 1. The number of carbonyl (C=O) groups excluding carboxylic acids is 1. The third kappa shape index (κ3) is 5.42. The lowest BCUT2D eigenvalue weighted by Crippen LogP contribution is -2.48. The molecule has 148 valence electrons. The van der Waals surface area contributed by atoms with Gasteiger partial charge in [0.15, 0.2) is 5.82 Å². The lowest BCUT2D eigenvalue weighted by Gasteiger charge is -2.36. The van der Waals surface area contributed by atoms with Crippen LogP contribution in [0, 0.1) is 0 Å². The van der Waals surface area contributed by atoms with Gasteiger partial charge < -0.3 is 19.5 Å². The minimum absolute atomic E-state index is 0. The smallest absolute Gasteiger partial charge is 0.227 e. The van der Waals surface area contributed by atoms with Crippen molar-refractivity contribution in [2.75, 3.05) is 26.7 Å². The molecule has 1 amide bonds. The first-order chi connectivity index (χ1) is 12.6. The molecule has 1 aromatic carbocycles. The molecule has 7 nitrogen and oxygen atoms in total. The molecule has 1 fully saturated rings. The summed E-state index contributed by atoms with van der Waals surface area (Å²) >= 11 is 6.11. The van der Waals surface area contributed by atoms with Crippen LogP contribution in [0.3, 0.4) is 0 Å². The van der Waals surface area contributed by atoms with Crippen molar-refractivity contribution in [1.82, 2.24) is 20.4 Å². The Morgan fingerprint density at radius 1 is 1.52 bits per heavy atom. The van der Waals surface area contributed by atoms with Crippen LogP contribution in [0.5, 0.6) is 0 Å². The molecule has 1 aliphatic heterocycles. The van der Waals surface area contributed by atoms with E-state index in [0.717, 1.165) is 12.1 Å². The first kappa shape index (κ1) is 21.6. The van der Waals surface area contributed by atoms with Gasteiger partial charge in [-0.25, -0.2) is 0 Å². The third-order valence-electron chi connectivity index (χ3n) is 4.55. The zero-order chi connectivity index (χ0) is 18.5. The monoisotopic (exact) mass is 414 g/mol. The summed E-state index contributed by atoms with van der Waals surface area (Å²) < 4.78 is 10.4. The van der Waals surface area contributed by atoms with Gasteiger partial charge >= 0.3 is 0 Å². The SMILES string of the molecule is COC(C)c1noc(CCC(=O)N2CCNCC2c2cccc(Cl)c2)n1.Cl. The molecule has 9 heteroatoms. The van der Waals surface area contributed by atoms with Crippen molar-refractivity contribution in [3.05, 3.63) is 46.6 Å². The van der Waals surface area contributed by atoms with Gasteiger partial charge in [0.2, 0.25) is 11.8 Å². The van der Waals surface area contributed by atoms with Gasteiger partial charge in [-0.05, 0) is 24.6 Å². The fraction of sp³-hybridized carbons (Fsp3) is 0.500. The average molecular weight is 415 g/mol. The predicted molar refractivity (Wildman–Crippen MR) is 104 cm³/mol. The van der Waals surface area contributed by atoms with E-state index < -0.39 is 0 Å². The van der Waals surface area contributed by atoms with Gasteiger partial charge in [-0.3, -0.25) is 4.79 Å². The lowest BCUT2D eigenvalue weighted by atomic mass is 10.0. The summed E-state index contributed by atoms with van der Waals surface area (Å²) in [6, 6.07) is 7.63. The Hall–Kier alpha value is -1.67. The van der Waals surface area contributed by atoms with Crippen LogP contribution in [0.25, 0.3) is 0 Å². The number of carbonyl (C=O) groups is 1. The highest BCUT2D eigenvalue weighted by molar-refractivity contribution is 6.30. The number of rotatable bonds is 6. The van der Waals surface area contributed by atoms with E-state index in [-0.39, 0.29) is 30.5 Å². The van der Waals surface area contributed by atoms with Crippen molar-refractivity contribution in [2.45, 2.75) is 31.9 Å². The van der Waals surface area contributed by atoms with Crippen molar-refractivity contribution in [3.8, 4) is 0 Å². The number of piperazine rings is 1. The van der Waals surface area contributed by atoms with Gasteiger partial charge in [0.1, 0.15) is 6.10 Å². The first-order valence-electron chi connectivity index (χ1n) is 8.69. The Morgan fingerprint density at radius 3 is 3.07 bits per heavy atom. The molecule has 1 aromatic heterocycles. The summed E-state index contributed by atoms with van der Waals surface area (Å²) in [7, 11) is 1.59. The molecule has 0 spiro atoms. The van der Waals surface area contributed by atoms with E-state index in [1.807, 2.05) is 36.1 Å². The predicted octanol–water partition coefficient (Wildman–Crippen LogP) is 2.96. The quantitative estimate of drug-likeness (QED) is 0.782. The van der Waals surface area contributed by atoms with Crippen LogP contribution >= 0.6 is 24.0 Å². The molecule has 0 saturated carbocycles. The molecule has 3 rings (SSSR count). The molecule has 0 bridgehead atoms. The van der Waals surface area contributed by atoms with E-state index in [1.165, 1.54) is 0 Å². The average Bonchev–Trinajstić information content (AvgIpc) is 3.14. The minimum atomic E-state index is -0.233. The van der Waals surface area contributed by atoms with Crippen LogP contribution in [0.15, 0.2) is 28.8 Å². The third-order valence-corrected chi connectivity index (χ3v) is 4.79. The summed E-state index contributed by atoms with van der Waals surface area (Å²) in [6.45, 7) is 3.99. The number of halogens is 2. The van der Waals surface area contributed by atoms with Crippen LogP contribution < -0.4 is 5.32 Å². The molecule has 1 aliphatic rings.